The summed E-state index contributed by atoms with van der Waals surface area (Å²) >= 11 is 0. The normalized spacial score (nSPS) is 33.8. The Kier molecular flexibility index (Phi) is 55.5. The lowest BCUT2D eigenvalue weighted by Gasteiger charge is -2.53. The summed E-state index contributed by atoms with van der Waals surface area (Å²) in [7, 11) is 0. The maximum atomic E-state index is 14.5. The zero-order valence-electron chi connectivity index (χ0n) is 79.4. The summed E-state index contributed by atoms with van der Waals surface area (Å²) in [5, 5.41) is 246. The van der Waals surface area contributed by atoms with Crippen molar-refractivity contribution in [2.24, 2.45) is 5.92 Å². The molecule has 6 aliphatic heterocycles. The lowest BCUT2D eigenvalue weighted by molar-refractivity contribution is -0.407. The average Bonchev–Trinajstić information content (AvgIpc) is 0.742. The number of carbonyl (C=O) groups excluding carboxylic acids is 4. The van der Waals surface area contributed by atoms with E-state index < -0.39 is 308 Å². The molecule has 2 unspecified atom stereocenters. The molecular formula is C93H165N3O39. The highest BCUT2D eigenvalue weighted by Crippen LogP contribution is 2.44. The molecule has 786 valence electrons. The Hall–Kier alpha value is -4.48. The lowest BCUT2D eigenvalue weighted by Crippen LogP contribution is -2.72. The van der Waals surface area contributed by atoms with Gasteiger partial charge in [-0.1, -0.05) is 231 Å². The number of amides is 3. The number of Topliss-reactive ketones (excluding diaryl/α,β-unsaturated/α-hetero) is 1. The molecule has 6 saturated heterocycles. The molecule has 42 nitrogen and oxygen atoms in total. The number of carboxylic acid groups (broad SMARTS) is 2. The fourth-order valence-corrected chi connectivity index (χ4v) is 18.6. The van der Waals surface area contributed by atoms with Crippen LogP contribution in [-0.2, 0) is 85.6 Å². The van der Waals surface area contributed by atoms with Gasteiger partial charge in [0.1, 0.15) is 128 Å². The van der Waals surface area contributed by atoms with Crippen LogP contribution in [0.1, 0.15) is 285 Å². The number of aliphatic hydroxyl groups is 19. The van der Waals surface area contributed by atoms with Crippen molar-refractivity contribution in [1.29, 1.82) is 0 Å². The zero-order chi connectivity index (χ0) is 99.5. The van der Waals surface area contributed by atoms with E-state index in [1.54, 1.807) is 6.08 Å². The Balaban J connectivity index is 1.27. The smallest absolute Gasteiger partial charge is 0.364 e. The second-order valence-corrected chi connectivity index (χ2v) is 37.4. The second-order valence-electron chi connectivity index (χ2n) is 37.4. The van der Waals surface area contributed by atoms with Crippen LogP contribution in [-0.4, -0.2) is 390 Å². The van der Waals surface area contributed by atoms with Crippen LogP contribution < -0.4 is 16.0 Å². The van der Waals surface area contributed by atoms with Crippen molar-refractivity contribution in [3.05, 3.63) is 12.2 Å². The van der Waals surface area contributed by atoms with Crippen LogP contribution >= 0.6 is 0 Å². The van der Waals surface area contributed by atoms with Gasteiger partial charge in [-0.3, -0.25) is 14.4 Å². The monoisotopic (exact) mass is 1950 g/mol. The molecule has 0 bridgehead atoms. The molecule has 6 fully saturated rings. The molecule has 6 rings (SSSR count). The molecular weight excluding hydrogens is 1780 g/mol. The highest BCUT2D eigenvalue weighted by molar-refractivity contribution is 5.78. The summed E-state index contributed by atoms with van der Waals surface area (Å²) in [5.41, 5.74) is 0. The van der Waals surface area contributed by atoms with E-state index in [1.807, 2.05) is 0 Å². The summed E-state index contributed by atoms with van der Waals surface area (Å²) in [6.45, 7) is -0.741. The Morgan fingerprint density at radius 2 is 0.822 bits per heavy atom. The summed E-state index contributed by atoms with van der Waals surface area (Å²) in [6.07, 6.45) is -21.1. The minimum absolute atomic E-state index is 0.0893. The van der Waals surface area contributed by atoms with Crippen molar-refractivity contribution in [2.45, 2.75) is 486 Å². The third kappa shape index (κ3) is 37.0. The van der Waals surface area contributed by atoms with Gasteiger partial charge in [0.15, 0.2) is 25.2 Å². The molecule has 24 N–H and O–H groups in total. The van der Waals surface area contributed by atoms with Crippen LogP contribution in [0.4, 0.5) is 0 Å². The molecule has 42 heteroatoms. The first-order valence-corrected chi connectivity index (χ1v) is 49.4. The Bertz CT molecular complexity index is 3340. The van der Waals surface area contributed by atoms with E-state index in [0.717, 1.165) is 85.0 Å². The van der Waals surface area contributed by atoms with Crippen molar-refractivity contribution in [3.8, 4) is 0 Å². The molecule has 0 aromatic carbocycles. The van der Waals surface area contributed by atoms with Crippen LogP contribution in [0, 0.1) is 5.92 Å². The van der Waals surface area contributed by atoms with E-state index in [-0.39, 0.29) is 6.42 Å². The number of aliphatic hydroxyl groups excluding tert-OH is 19. The number of hydrogen-bond donors (Lipinski definition) is 24. The zero-order valence-corrected chi connectivity index (χ0v) is 79.4. The molecule has 6 heterocycles. The molecule has 135 heavy (non-hydrogen) atoms. The Labute approximate surface area is 791 Å². The van der Waals surface area contributed by atoms with Gasteiger partial charge in [0.05, 0.1) is 88.8 Å². The van der Waals surface area contributed by atoms with Gasteiger partial charge in [0.2, 0.25) is 17.7 Å². The molecule has 0 aliphatic carbocycles. The molecule has 3 amide bonds. The topological polar surface area (TPSA) is 674 Å². The molecule has 6 aliphatic rings. The van der Waals surface area contributed by atoms with Crippen molar-refractivity contribution < 1.29 is 193 Å². The molecule has 0 aromatic rings. The van der Waals surface area contributed by atoms with Crippen LogP contribution in [0.15, 0.2) is 12.2 Å². The van der Waals surface area contributed by atoms with Crippen molar-refractivity contribution >= 4 is 35.4 Å². The van der Waals surface area contributed by atoms with E-state index in [9.17, 15) is 136 Å². The quantitative estimate of drug-likeness (QED) is 0.0288. The number of rotatable bonds is 68. The van der Waals surface area contributed by atoms with Crippen LogP contribution in [0.2, 0.25) is 0 Å². The van der Waals surface area contributed by atoms with Crippen LogP contribution in [0.3, 0.4) is 0 Å². The van der Waals surface area contributed by atoms with E-state index in [4.69, 9.17) is 56.8 Å². The lowest BCUT2D eigenvalue weighted by atomic mass is 9.86. The minimum atomic E-state index is -3.68. The van der Waals surface area contributed by atoms with Gasteiger partial charge in [-0.25, -0.2) is 9.59 Å². The highest BCUT2D eigenvalue weighted by atomic mass is 16.8. The fraction of sp³-hybridized carbons (Fsp3) is 0.914. The van der Waals surface area contributed by atoms with Gasteiger partial charge in [-0.15, -0.1) is 0 Å². The molecule has 0 saturated carbocycles. The first kappa shape index (κ1) is 119. The largest absolute Gasteiger partial charge is 0.477 e. The van der Waals surface area contributed by atoms with E-state index in [0.29, 0.717) is 12.8 Å². The number of carbonyl (C=O) groups is 6. The first-order chi connectivity index (χ1) is 64.6. The summed E-state index contributed by atoms with van der Waals surface area (Å²) in [4.78, 5) is 80.7. The number of ether oxygens (including phenoxy) is 12. The fourth-order valence-electron chi connectivity index (χ4n) is 18.6. The van der Waals surface area contributed by atoms with Crippen LogP contribution in [0.25, 0.3) is 0 Å². The number of carboxylic acids is 2. The van der Waals surface area contributed by atoms with Gasteiger partial charge in [-0.05, 0) is 26.2 Å². The van der Waals surface area contributed by atoms with Crippen molar-refractivity contribution in [2.75, 3.05) is 46.2 Å². The molecule has 0 aromatic heterocycles. The average molecular weight is 1950 g/mol. The number of allylic oxidation sites excluding steroid dienone is 1. The van der Waals surface area contributed by atoms with Gasteiger partial charge in [0.25, 0.3) is 11.6 Å². The van der Waals surface area contributed by atoms with E-state index in [2.05, 4.69) is 29.8 Å². The second kappa shape index (κ2) is 62.8. The maximum absolute atomic E-state index is 14.5. The molecule has 34 atom stereocenters. The van der Waals surface area contributed by atoms with Crippen molar-refractivity contribution in [3.63, 3.8) is 0 Å². The third-order valence-corrected chi connectivity index (χ3v) is 26.4. The maximum Gasteiger partial charge on any atom is 0.364 e. The van der Waals surface area contributed by atoms with Gasteiger partial charge in [0, 0.05) is 45.4 Å². The van der Waals surface area contributed by atoms with Gasteiger partial charge in [-0.2, -0.15) is 0 Å². The Morgan fingerprint density at radius 1 is 0.422 bits per heavy atom. The number of unbranched alkanes of at least 4 members (excludes halogenated alkanes) is 33. The molecule has 0 spiro atoms. The standard InChI is InChI=1S/C93H165N3O39/c1-6-8-10-12-14-16-18-20-21-22-23-24-25-26-27-28-29-31-33-35-37-39-41-43-68(110)96-58(59(106)42-40-38-36-34-32-30-19-17-15-13-11-9-7-2)53-124-87-78(118)76(116)81(66(51-101)127-87)130-89-79(119)85(82(67(52-102)128-89)131-86-57(44-54(3)103)80(73(113)64(49-99)125-86)129-88-77(117)75(115)72(112)63(48-98)126-88)135-93(91(122)123)46-61(108)70(95-56(5)105)84(134-93)74(114)65(50-100)132-92(90(120)121)45-60(107)69(94-55(4)104)83(133-92)71(111)62(109)47-97/h40,42,57-67,69-89,97-102,106-109,111-119H,6-39,41,43-53H2,1-5H3,(H,94,104)(H,95,105)(H,96,110)(H,120,121)(H,122,123)/t57-,58+,59-,60+,61+,62-,63-,64-,65-,66-,67-,69-,70-,71-,72+,73+,74-,75+,76-,77-,78-,79-,80-,81-,82+,83?,84?,85-,86+,87-,88+,89+,92-,93+/m1/s1. The number of hydrogen-bond acceptors (Lipinski definition) is 37. The summed E-state index contributed by atoms with van der Waals surface area (Å²) in [5.74, 6) is -16.5. The third-order valence-electron chi connectivity index (χ3n) is 26.4. The predicted molar refractivity (Wildman–Crippen MR) is 478 cm³/mol. The Morgan fingerprint density at radius 3 is 1.28 bits per heavy atom. The van der Waals surface area contributed by atoms with E-state index in [1.165, 1.54) is 154 Å². The number of aliphatic carboxylic acids is 2. The van der Waals surface area contributed by atoms with E-state index >= 15 is 0 Å². The SMILES string of the molecule is CCCCCCCCCCCCCC=C[C@@H](O)[C@H](CO[C@@H]1O[C@H](CO)[C@@H](O[C@@H]2O[C@H](CO)[C@H](O[C@@H]3O[C@H](CO)[C@H](O)[C@H](O[C@@H]4O[C@H](CO)[C@H](O)[C@H](O)[C@H]4O)[C@H]3CC(C)=O)[C@H](O[C@]3(C(=O)O)C[C@H](O)[C@@H](NC(C)=O)C([C@H](O)[C@@H](CO)O[C@]4(C(=O)O)C[C@H](O)[C@@H](NC(C)=O)C([C@H](O)[C@H](O)CO)O4)O3)[C@H]2O)[C@H](O)[C@H]1O)NC(=O)CCCCCCCCCCCCCCCCCCCCCCCCC. The molecule has 0 radical (unpaired) electrons. The summed E-state index contributed by atoms with van der Waals surface area (Å²) < 4.78 is 72.7. The number of nitrogens with one attached hydrogen (secondary N) is 3. The van der Waals surface area contributed by atoms with Crippen molar-refractivity contribution in [1.82, 2.24) is 16.0 Å². The predicted octanol–water partition coefficient (Wildman–Crippen LogP) is 0.343. The number of ketones is 1. The first-order valence-electron chi connectivity index (χ1n) is 49.4. The minimum Gasteiger partial charge on any atom is -0.477 e. The highest BCUT2D eigenvalue weighted by Gasteiger charge is 2.64. The van der Waals surface area contributed by atoms with Crippen LogP contribution in [0.5, 0.6) is 0 Å². The van der Waals surface area contributed by atoms with Gasteiger partial charge >= 0.3 is 11.9 Å². The van der Waals surface area contributed by atoms with Gasteiger partial charge < -0.3 is 185 Å². The summed E-state index contributed by atoms with van der Waals surface area (Å²) in [6, 6.07) is -5.10.